The summed E-state index contributed by atoms with van der Waals surface area (Å²) in [5.41, 5.74) is 6.62. The lowest BCUT2D eigenvalue weighted by Gasteiger charge is -2.26. The van der Waals surface area contributed by atoms with Crippen LogP contribution in [0.3, 0.4) is 0 Å². The first-order valence-electron chi connectivity index (χ1n) is 4.85. The molecule has 1 amide bonds. The van der Waals surface area contributed by atoms with E-state index >= 15 is 0 Å². The molecule has 5 heteroatoms. The van der Waals surface area contributed by atoms with Crippen LogP contribution in [0.25, 0.3) is 0 Å². The number of rotatable bonds is 1. The lowest BCUT2D eigenvalue weighted by Crippen LogP contribution is -2.40. The summed E-state index contributed by atoms with van der Waals surface area (Å²) >= 11 is 0. The Balaban J connectivity index is 2.12. The minimum atomic E-state index is -0.0295. The maximum atomic E-state index is 11.9. The molecular formula is C10H13N3O2. The molecule has 15 heavy (non-hydrogen) atoms. The van der Waals surface area contributed by atoms with Gasteiger partial charge in [0.1, 0.15) is 0 Å². The van der Waals surface area contributed by atoms with Gasteiger partial charge in [-0.2, -0.15) is 0 Å². The first kappa shape index (κ1) is 9.92. The number of morpholine rings is 1. The number of hydrogen-bond acceptors (Lipinski definition) is 4. The number of ether oxygens (including phenoxy) is 1. The fraction of sp³-hybridized carbons (Fsp3) is 0.400. The second-order valence-corrected chi connectivity index (χ2v) is 3.41. The molecule has 0 radical (unpaired) electrons. The number of carbonyl (C=O) groups excluding carboxylic acids is 1. The average molecular weight is 207 g/mol. The molecule has 80 valence electrons. The summed E-state index contributed by atoms with van der Waals surface area (Å²) in [5.74, 6) is -0.0295. The van der Waals surface area contributed by atoms with E-state index in [1.54, 1.807) is 11.0 Å². The standard InChI is InChI=1S/C10H13N3O2/c11-9-5-8(6-12-7-9)10(14)13-1-3-15-4-2-13/h5-7H,1-4,11H2. The van der Waals surface area contributed by atoms with Crippen LogP contribution in [-0.4, -0.2) is 42.1 Å². The van der Waals surface area contributed by atoms with E-state index in [4.69, 9.17) is 10.5 Å². The zero-order valence-electron chi connectivity index (χ0n) is 8.35. The van der Waals surface area contributed by atoms with Crippen molar-refractivity contribution < 1.29 is 9.53 Å². The first-order chi connectivity index (χ1) is 7.27. The zero-order valence-corrected chi connectivity index (χ0v) is 8.35. The highest BCUT2D eigenvalue weighted by Gasteiger charge is 2.18. The molecule has 1 saturated heterocycles. The van der Waals surface area contributed by atoms with Gasteiger partial charge in [-0.3, -0.25) is 9.78 Å². The molecule has 0 atom stereocenters. The summed E-state index contributed by atoms with van der Waals surface area (Å²) in [6.45, 7) is 2.46. The molecular weight excluding hydrogens is 194 g/mol. The minimum Gasteiger partial charge on any atom is -0.397 e. The molecule has 1 fully saturated rings. The molecule has 1 aliphatic rings. The third-order valence-corrected chi connectivity index (χ3v) is 2.30. The van der Waals surface area contributed by atoms with Crippen LogP contribution >= 0.6 is 0 Å². The highest BCUT2D eigenvalue weighted by Crippen LogP contribution is 2.09. The Kier molecular flexibility index (Phi) is 2.82. The lowest BCUT2D eigenvalue weighted by molar-refractivity contribution is 0.0302. The van der Waals surface area contributed by atoms with Gasteiger partial charge in [0.2, 0.25) is 0 Å². The topological polar surface area (TPSA) is 68.5 Å². The summed E-state index contributed by atoms with van der Waals surface area (Å²) in [7, 11) is 0. The quantitative estimate of drug-likeness (QED) is 0.711. The predicted octanol–water partition coefficient (Wildman–Crippen LogP) is 0.136. The van der Waals surface area contributed by atoms with Gasteiger partial charge in [-0.05, 0) is 6.07 Å². The van der Waals surface area contributed by atoms with Gasteiger partial charge in [0.15, 0.2) is 0 Å². The number of hydrogen-bond donors (Lipinski definition) is 1. The first-order valence-corrected chi connectivity index (χ1v) is 4.85. The van der Waals surface area contributed by atoms with Crippen molar-refractivity contribution in [1.82, 2.24) is 9.88 Å². The third-order valence-electron chi connectivity index (χ3n) is 2.30. The van der Waals surface area contributed by atoms with E-state index in [9.17, 15) is 4.79 Å². The van der Waals surface area contributed by atoms with E-state index in [1.807, 2.05) is 0 Å². The van der Waals surface area contributed by atoms with Gasteiger partial charge in [-0.1, -0.05) is 0 Å². The normalized spacial score (nSPS) is 16.4. The Labute approximate surface area is 87.8 Å². The zero-order chi connectivity index (χ0) is 10.7. The molecule has 1 aromatic rings. The van der Waals surface area contributed by atoms with Crippen LogP contribution < -0.4 is 5.73 Å². The average Bonchev–Trinajstić information content (AvgIpc) is 2.29. The van der Waals surface area contributed by atoms with Crippen molar-refractivity contribution in [3.63, 3.8) is 0 Å². The molecule has 0 bridgehead atoms. The second-order valence-electron chi connectivity index (χ2n) is 3.41. The van der Waals surface area contributed by atoms with Crippen molar-refractivity contribution in [2.75, 3.05) is 32.0 Å². The van der Waals surface area contributed by atoms with Crippen LogP contribution in [0.1, 0.15) is 10.4 Å². The van der Waals surface area contributed by atoms with Crippen LogP contribution in [-0.2, 0) is 4.74 Å². The van der Waals surface area contributed by atoms with Gasteiger partial charge in [-0.25, -0.2) is 0 Å². The maximum absolute atomic E-state index is 11.9. The Morgan fingerprint density at radius 3 is 2.80 bits per heavy atom. The molecule has 1 aromatic heterocycles. The summed E-state index contributed by atoms with van der Waals surface area (Å²) in [5, 5.41) is 0. The van der Waals surface area contributed by atoms with Crippen molar-refractivity contribution in [2.45, 2.75) is 0 Å². The van der Waals surface area contributed by atoms with E-state index in [-0.39, 0.29) is 5.91 Å². The largest absolute Gasteiger partial charge is 0.397 e. The van der Waals surface area contributed by atoms with Crippen molar-refractivity contribution in [3.8, 4) is 0 Å². The molecule has 1 aliphatic heterocycles. The van der Waals surface area contributed by atoms with Gasteiger partial charge in [-0.15, -0.1) is 0 Å². The molecule has 2 rings (SSSR count). The van der Waals surface area contributed by atoms with E-state index in [0.717, 1.165) is 0 Å². The molecule has 0 saturated carbocycles. The SMILES string of the molecule is Nc1cncc(C(=O)N2CCOCC2)c1. The van der Waals surface area contributed by atoms with Crippen LogP contribution in [0.15, 0.2) is 18.5 Å². The highest BCUT2D eigenvalue weighted by molar-refractivity contribution is 5.94. The lowest BCUT2D eigenvalue weighted by atomic mass is 10.2. The summed E-state index contributed by atoms with van der Waals surface area (Å²) < 4.78 is 5.18. The van der Waals surface area contributed by atoms with Crippen molar-refractivity contribution >= 4 is 11.6 Å². The van der Waals surface area contributed by atoms with E-state index in [1.165, 1.54) is 12.4 Å². The number of pyridine rings is 1. The number of carbonyl (C=O) groups is 1. The van der Waals surface area contributed by atoms with Gasteiger partial charge in [0.05, 0.1) is 24.5 Å². The number of anilines is 1. The Hall–Kier alpha value is -1.62. The van der Waals surface area contributed by atoms with Crippen LogP contribution in [0.2, 0.25) is 0 Å². The molecule has 0 unspecified atom stereocenters. The Bertz CT molecular complexity index is 361. The van der Waals surface area contributed by atoms with Crippen LogP contribution in [0.4, 0.5) is 5.69 Å². The van der Waals surface area contributed by atoms with Crippen molar-refractivity contribution in [3.05, 3.63) is 24.0 Å². The number of amides is 1. The fourth-order valence-corrected chi connectivity index (χ4v) is 1.52. The van der Waals surface area contributed by atoms with Gasteiger partial charge in [0.25, 0.3) is 5.91 Å². The monoisotopic (exact) mass is 207 g/mol. The smallest absolute Gasteiger partial charge is 0.255 e. The van der Waals surface area contributed by atoms with Gasteiger partial charge < -0.3 is 15.4 Å². The van der Waals surface area contributed by atoms with Crippen molar-refractivity contribution in [1.29, 1.82) is 0 Å². The summed E-state index contributed by atoms with van der Waals surface area (Å²) in [4.78, 5) is 17.6. The van der Waals surface area contributed by atoms with E-state index in [2.05, 4.69) is 4.98 Å². The van der Waals surface area contributed by atoms with Crippen LogP contribution in [0, 0.1) is 0 Å². The maximum Gasteiger partial charge on any atom is 0.255 e. The third kappa shape index (κ3) is 2.24. The number of aromatic nitrogens is 1. The number of nitrogens with two attached hydrogens (primary N) is 1. The summed E-state index contributed by atoms with van der Waals surface area (Å²) in [6, 6.07) is 1.64. The van der Waals surface area contributed by atoms with E-state index in [0.29, 0.717) is 37.6 Å². The fourth-order valence-electron chi connectivity index (χ4n) is 1.52. The van der Waals surface area contributed by atoms with Gasteiger partial charge >= 0.3 is 0 Å². The molecule has 5 nitrogen and oxygen atoms in total. The molecule has 0 aromatic carbocycles. The molecule has 0 aliphatic carbocycles. The van der Waals surface area contributed by atoms with Crippen molar-refractivity contribution in [2.24, 2.45) is 0 Å². The minimum absolute atomic E-state index is 0.0295. The highest BCUT2D eigenvalue weighted by atomic mass is 16.5. The van der Waals surface area contributed by atoms with Gasteiger partial charge in [0, 0.05) is 25.5 Å². The number of nitrogen functional groups attached to an aromatic ring is 1. The Morgan fingerprint density at radius 2 is 2.13 bits per heavy atom. The molecule has 2 N–H and O–H groups in total. The number of nitrogens with zero attached hydrogens (tertiary/aromatic N) is 2. The van der Waals surface area contributed by atoms with Crippen LogP contribution in [0.5, 0.6) is 0 Å². The Morgan fingerprint density at radius 1 is 1.40 bits per heavy atom. The molecule has 2 heterocycles. The molecule has 0 spiro atoms. The van der Waals surface area contributed by atoms with E-state index < -0.39 is 0 Å². The summed E-state index contributed by atoms with van der Waals surface area (Å²) in [6.07, 6.45) is 3.06. The predicted molar refractivity (Wildman–Crippen MR) is 55.4 cm³/mol. The second kappa shape index (κ2) is 4.27.